The lowest BCUT2D eigenvalue weighted by Gasteiger charge is -2.03. The van der Waals surface area contributed by atoms with Gasteiger partial charge in [0.15, 0.2) is 5.82 Å². The summed E-state index contributed by atoms with van der Waals surface area (Å²) in [5.74, 6) is 0.713. The van der Waals surface area contributed by atoms with Crippen LogP contribution in [0.2, 0.25) is 0 Å². The van der Waals surface area contributed by atoms with Crippen LogP contribution in [0.15, 0.2) is 18.5 Å². The van der Waals surface area contributed by atoms with Crippen molar-refractivity contribution >= 4 is 0 Å². The van der Waals surface area contributed by atoms with Gasteiger partial charge in [-0.1, -0.05) is 0 Å². The molecular weight excluding hydrogens is 192 g/mol. The maximum Gasteiger partial charge on any atom is 0.160 e. The third-order valence-corrected chi connectivity index (χ3v) is 2.37. The van der Waals surface area contributed by atoms with Crippen molar-refractivity contribution in [3.63, 3.8) is 0 Å². The molecule has 2 heterocycles. The molecule has 1 N–H and O–H groups in total. The van der Waals surface area contributed by atoms with Crippen molar-refractivity contribution < 1.29 is 5.11 Å². The van der Waals surface area contributed by atoms with Crippen molar-refractivity contribution in [2.24, 2.45) is 0 Å². The maximum absolute atomic E-state index is 8.84. The second-order valence-electron chi connectivity index (χ2n) is 3.33. The Morgan fingerprint density at radius 1 is 1.27 bits per heavy atom. The average molecular weight is 204 g/mol. The number of aliphatic hydroxyl groups excluding tert-OH is 1. The zero-order chi connectivity index (χ0) is 10.8. The van der Waals surface area contributed by atoms with Crippen LogP contribution < -0.4 is 0 Å². The van der Waals surface area contributed by atoms with Gasteiger partial charge in [0, 0.05) is 5.69 Å². The highest BCUT2D eigenvalue weighted by Gasteiger charge is 2.05. The molecule has 5 nitrogen and oxygen atoms in total. The molecule has 5 heteroatoms. The molecule has 0 saturated heterocycles. The molecule has 0 bridgehead atoms. The van der Waals surface area contributed by atoms with Crippen LogP contribution in [0.5, 0.6) is 0 Å². The summed E-state index contributed by atoms with van der Waals surface area (Å²) in [6, 6.07) is 3.56. The smallest absolute Gasteiger partial charge is 0.160 e. The van der Waals surface area contributed by atoms with Gasteiger partial charge < -0.3 is 5.11 Å². The second kappa shape index (κ2) is 3.78. The molecule has 0 amide bonds. The first-order valence-corrected chi connectivity index (χ1v) is 4.66. The van der Waals surface area contributed by atoms with E-state index in [9.17, 15) is 0 Å². The van der Waals surface area contributed by atoms with Crippen molar-refractivity contribution in [1.82, 2.24) is 19.7 Å². The Hall–Kier alpha value is -1.75. The fraction of sp³-hybridized carbons (Fsp3) is 0.300. The standard InChI is InChI=1S/C10H12N4O/c1-7-8(2)14(6-11-7)10-4-3-9(5-15)12-13-10/h3-4,6,15H,5H2,1-2H3. The summed E-state index contributed by atoms with van der Waals surface area (Å²) in [5, 5.41) is 16.7. The van der Waals surface area contributed by atoms with E-state index in [4.69, 9.17) is 5.11 Å². The Balaban J connectivity index is 2.41. The molecule has 2 rings (SSSR count). The zero-order valence-electron chi connectivity index (χ0n) is 8.68. The monoisotopic (exact) mass is 204 g/mol. The van der Waals surface area contributed by atoms with Crippen LogP contribution in [0.25, 0.3) is 5.82 Å². The van der Waals surface area contributed by atoms with Crippen molar-refractivity contribution in [2.75, 3.05) is 0 Å². The van der Waals surface area contributed by atoms with E-state index in [1.54, 1.807) is 12.4 Å². The van der Waals surface area contributed by atoms with Crippen molar-refractivity contribution in [3.05, 3.63) is 35.5 Å². The van der Waals surface area contributed by atoms with Crippen LogP contribution in [0.3, 0.4) is 0 Å². The van der Waals surface area contributed by atoms with Crippen LogP contribution in [0.4, 0.5) is 0 Å². The number of aryl methyl sites for hydroxylation is 1. The highest BCUT2D eigenvalue weighted by molar-refractivity contribution is 5.26. The minimum absolute atomic E-state index is 0.0881. The highest BCUT2D eigenvalue weighted by Crippen LogP contribution is 2.10. The van der Waals surface area contributed by atoms with Gasteiger partial charge in [0.25, 0.3) is 0 Å². The summed E-state index contributed by atoms with van der Waals surface area (Å²) in [4.78, 5) is 4.18. The predicted molar refractivity (Wildman–Crippen MR) is 54.6 cm³/mol. The predicted octanol–water partition coefficient (Wildman–Crippen LogP) is 0.771. The second-order valence-corrected chi connectivity index (χ2v) is 3.33. The number of nitrogens with zero attached hydrogens (tertiary/aromatic N) is 4. The summed E-state index contributed by atoms with van der Waals surface area (Å²) in [6.45, 7) is 3.83. The molecule has 0 aliphatic heterocycles. The SMILES string of the molecule is Cc1ncn(-c2ccc(CO)nn2)c1C. The lowest BCUT2D eigenvalue weighted by atomic mass is 10.3. The van der Waals surface area contributed by atoms with Crippen molar-refractivity contribution in [3.8, 4) is 5.82 Å². The van der Waals surface area contributed by atoms with E-state index in [-0.39, 0.29) is 6.61 Å². The Kier molecular flexibility index (Phi) is 2.47. The van der Waals surface area contributed by atoms with E-state index in [0.717, 1.165) is 11.4 Å². The quantitative estimate of drug-likeness (QED) is 0.784. The van der Waals surface area contributed by atoms with E-state index in [1.807, 2.05) is 24.5 Å². The van der Waals surface area contributed by atoms with Gasteiger partial charge in [-0.25, -0.2) is 4.98 Å². The Bertz CT molecular complexity index is 461. The summed E-state index contributed by atoms with van der Waals surface area (Å²) in [5.41, 5.74) is 2.58. The number of aromatic nitrogens is 4. The van der Waals surface area contributed by atoms with E-state index in [0.29, 0.717) is 11.5 Å². The lowest BCUT2D eigenvalue weighted by Crippen LogP contribution is -2.02. The minimum atomic E-state index is -0.0881. The fourth-order valence-electron chi connectivity index (χ4n) is 1.30. The van der Waals surface area contributed by atoms with Gasteiger partial charge in [0.2, 0.25) is 0 Å². The van der Waals surface area contributed by atoms with Crippen molar-refractivity contribution in [2.45, 2.75) is 20.5 Å². The molecule has 0 aliphatic carbocycles. The van der Waals surface area contributed by atoms with Crippen LogP contribution in [-0.4, -0.2) is 24.9 Å². The minimum Gasteiger partial charge on any atom is -0.390 e. The molecule has 0 radical (unpaired) electrons. The van der Waals surface area contributed by atoms with Crippen LogP contribution in [-0.2, 0) is 6.61 Å². The van der Waals surface area contributed by atoms with Crippen LogP contribution in [0.1, 0.15) is 17.1 Å². The molecule has 0 unspecified atom stereocenters. The molecule has 0 aliphatic rings. The summed E-state index contributed by atoms with van der Waals surface area (Å²) in [6.07, 6.45) is 1.72. The Labute approximate surface area is 87.4 Å². The third-order valence-electron chi connectivity index (χ3n) is 2.37. The number of hydrogen-bond donors (Lipinski definition) is 1. The largest absolute Gasteiger partial charge is 0.390 e. The molecule has 0 atom stereocenters. The maximum atomic E-state index is 8.84. The fourth-order valence-corrected chi connectivity index (χ4v) is 1.30. The molecule has 78 valence electrons. The molecular formula is C10H12N4O. The van der Waals surface area contributed by atoms with Crippen molar-refractivity contribution in [1.29, 1.82) is 0 Å². The van der Waals surface area contributed by atoms with E-state index in [2.05, 4.69) is 15.2 Å². The third kappa shape index (κ3) is 1.73. The average Bonchev–Trinajstić information content (AvgIpc) is 2.60. The number of aliphatic hydroxyl groups is 1. The van der Waals surface area contributed by atoms with Gasteiger partial charge in [0.05, 0.1) is 18.0 Å². The van der Waals surface area contributed by atoms with Gasteiger partial charge in [-0.3, -0.25) is 4.57 Å². The Morgan fingerprint density at radius 3 is 2.53 bits per heavy atom. The van der Waals surface area contributed by atoms with Crippen LogP contribution in [0, 0.1) is 13.8 Å². The first kappa shape index (κ1) is 9.79. The number of hydrogen-bond acceptors (Lipinski definition) is 4. The topological polar surface area (TPSA) is 63.8 Å². The van der Waals surface area contributed by atoms with Gasteiger partial charge in [-0.2, -0.15) is 5.10 Å². The molecule has 0 spiro atoms. The first-order chi connectivity index (χ1) is 7.22. The van der Waals surface area contributed by atoms with Gasteiger partial charge in [-0.05, 0) is 26.0 Å². The van der Waals surface area contributed by atoms with Gasteiger partial charge >= 0.3 is 0 Å². The number of rotatable bonds is 2. The summed E-state index contributed by atoms with van der Waals surface area (Å²) < 4.78 is 1.86. The van der Waals surface area contributed by atoms with Gasteiger partial charge in [0.1, 0.15) is 6.33 Å². The highest BCUT2D eigenvalue weighted by atomic mass is 16.3. The van der Waals surface area contributed by atoms with E-state index >= 15 is 0 Å². The molecule has 0 saturated carbocycles. The molecule has 2 aromatic rings. The molecule has 2 aromatic heterocycles. The van der Waals surface area contributed by atoms with E-state index in [1.165, 1.54) is 0 Å². The van der Waals surface area contributed by atoms with E-state index < -0.39 is 0 Å². The molecule has 0 fully saturated rings. The van der Waals surface area contributed by atoms with Gasteiger partial charge in [-0.15, -0.1) is 5.10 Å². The molecule has 0 aromatic carbocycles. The summed E-state index contributed by atoms with van der Waals surface area (Å²) in [7, 11) is 0. The Morgan fingerprint density at radius 2 is 2.07 bits per heavy atom. The summed E-state index contributed by atoms with van der Waals surface area (Å²) >= 11 is 0. The molecule has 15 heavy (non-hydrogen) atoms. The van der Waals surface area contributed by atoms with Crippen LogP contribution >= 0.6 is 0 Å². The normalized spacial score (nSPS) is 10.6. The zero-order valence-corrected chi connectivity index (χ0v) is 8.68. The number of imidazole rings is 1. The lowest BCUT2D eigenvalue weighted by molar-refractivity contribution is 0.275. The first-order valence-electron chi connectivity index (χ1n) is 4.66.